The molecule has 2 aromatic heterocycles. The molecule has 31 heavy (non-hydrogen) atoms. The molecule has 7 heteroatoms. The van der Waals surface area contributed by atoms with Gasteiger partial charge in [-0.05, 0) is 67.1 Å². The summed E-state index contributed by atoms with van der Waals surface area (Å²) in [7, 11) is 1.59. The van der Waals surface area contributed by atoms with E-state index in [4.69, 9.17) is 4.74 Å². The number of ether oxygens (including phenoxy) is 1. The number of aromatic nitrogens is 3. The molecule has 1 amide bonds. The number of benzene rings is 2. The van der Waals surface area contributed by atoms with Gasteiger partial charge < -0.3 is 15.4 Å². The van der Waals surface area contributed by atoms with E-state index in [-0.39, 0.29) is 5.91 Å². The van der Waals surface area contributed by atoms with Crippen LogP contribution in [0.5, 0.6) is 5.75 Å². The molecule has 0 saturated heterocycles. The molecule has 0 bridgehead atoms. The number of methoxy groups -OCH3 is 1. The zero-order valence-electron chi connectivity index (χ0n) is 17.2. The fraction of sp³-hybridized carbons (Fsp3) is 0.0833. The van der Waals surface area contributed by atoms with Crippen molar-refractivity contribution in [3.8, 4) is 17.0 Å². The Morgan fingerprint density at radius 2 is 1.84 bits per heavy atom. The van der Waals surface area contributed by atoms with Crippen molar-refractivity contribution in [2.45, 2.75) is 6.92 Å². The molecule has 0 aliphatic carbocycles. The fourth-order valence-corrected chi connectivity index (χ4v) is 2.99. The predicted octanol–water partition coefficient (Wildman–Crippen LogP) is 4.85. The van der Waals surface area contributed by atoms with Crippen molar-refractivity contribution in [1.82, 2.24) is 15.0 Å². The molecule has 154 valence electrons. The summed E-state index contributed by atoms with van der Waals surface area (Å²) < 4.78 is 5.13. The van der Waals surface area contributed by atoms with Crippen LogP contribution in [-0.4, -0.2) is 28.0 Å². The second-order valence-electron chi connectivity index (χ2n) is 6.84. The molecule has 2 N–H and O–H groups in total. The number of hydrogen-bond donors (Lipinski definition) is 2. The second kappa shape index (κ2) is 9.04. The van der Waals surface area contributed by atoms with Gasteiger partial charge in [-0.3, -0.25) is 9.78 Å². The van der Waals surface area contributed by atoms with Crippen molar-refractivity contribution >= 4 is 23.2 Å². The van der Waals surface area contributed by atoms with Crippen molar-refractivity contribution in [2.75, 3.05) is 17.7 Å². The van der Waals surface area contributed by atoms with Crippen LogP contribution in [0.1, 0.15) is 15.9 Å². The summed E-state index contributed by atoms with van der Waals surface area (Å²) in [5.74, 6) is 0.960. The van der Waals surface area contributed by atoms with Gasteiger partial charge in [0, 0.05) is 41.1 Å². The number of rotatable bonds is 6. The topological polar surface area (TPSA) is 89.0 Å². The first-order chi connectivity index (χ1) is 15.1. The van der Waals surface area contributed by atoms with E-state index in [0.29, 0.717) is 22.9 Å². The zero-order valence-corrected chi connectivity index (χ0v) is 17.2. The molecular formula is C24H21N5O2. The first-order valence-corrected chi connectivity index (χ1v) is 9.69. The number of anilines is 3. The van der Waals surface area contributed by atoms with Gasteiger partial charge in [0.2, 0.25) is 5.95 Å². The van der Waals surface area contributed by atoms with E-state index in [1.807, 2.05) is 43.3 Å². The third-order valence-corrected chi connectivity index (χ3v) is 4.71. The van der Waals surface area contributed by atoms with Crippen LogP contribution in [0.25, 0.3) is 11.3 Å². The molecule has 0 atom stereocenters. The molecule has 0 aliphatic heterocycles. The maximum Gasteiger partial charge on any atom is 0.255 e. The van der Waals surface area contributed by atoms with Crippen LogP contribution in [0, 0.1) is 6.92 Å². The summed E-state index contributed by atoms with van der Waals surface area (Å²) in [6, 6.07) is 18.2. The summed E-state index contributed by atoms with van der Waals surface area (Å²) in [4.78, 5) is 25.6. The number of amides is 1. The highest BCUT2D eigenvalue weighted by molar-refractivity contribution is 6.04. The van der Waals surface area contributed by atoms with Gasteiger partial charge in [0.1, 0.15) is 5.75 Å². The molecule has 4 rings (SSSR count). The van der Waals surface area contributed by atoms with Gasteiger partial charge in [0.25, 0.3) is 5.91 Å². The van der Waals surface area contributed by atoms with E-state index in [1.54, 1.807) is 50.0 Å². The molecule has 7 nitrogen and oxygen atoms in total. The molecule has 0 spiro atoms. The van der Waals surface area contributed by atoms with Crippen molar-refractivity contribution in [3.05, 3.63) is 90.4 Å². The van der Waals surface area contributed by atoms with Crippen molar-refractivity contribution in [1.29, 1.82) is 0 Å². The Balaban J connectivity index is 1.52. The number of pyridine rings is 1. The van der Waals surface area contributed by atoms with E-state index in [0.717, 1.165) is 22.5 Å². The normalized spacial score (nSPS) is 10.4. The smallest absolute Gasteiger partial charge is 0.255 e. The van der Waals surface area contributed by atoms with Crippen LogP contribution in [0.4, 0.5) is 17.3 Å². The maximum absolute atomic E-state index is 12.6. The van der Waals surface area contributed by atoms with Gasteiger partial charge in [0.15, 0.2) is 0 Å². The van der Waals surface area contributed by atoms with Gasteiger partial charge in [-0.2, -0.15) is 0 Å². The molecule has 0 fully saturated rings. The molecule has 4 aromatic rings. The van der Waals surface area contributed by atoms with Crippen LogP contribution in [0.2, 0.25) is 0 Å². The van der Waals surface area contributed by atoms with Crippen LogP contribution in [-0.2, 0) is 0 Å². The number of nitrogens with one attached hydrogen (secondary N) is 2. The lowest BCUT2D eigenvalue weighted by Gasteiger charge is -2.12. The lowest BCUT2D eigenvalue weighted by atomic mass is 10.1. The number of carbonyl (C=O) groups excluding carboxylic acids is 1. The molecule has 2 aromatic carbocycles. The first kappa shape index (κ1) is 20.0. The largest absolute Gasteiger partial charge is 0.497 e. The highest BCUT2D eigenvalue weighted by Crippen LogP contribution is 2.24. The summed E-state index contributed by atoms with van der Waals surface area (Å²) in [6.07, 6.45) is 5.17. The molecule has 2 heterocycles. The van der Waals surface area contributed by atoms with Crippen LogP contribution >= 0.6 is 0 Å². The average Bonchev–Trinajstić information content (AvgIpc) is 2.82. The molecule has 0 unspecified atom stereocenters. The average molecular weight is 411 g/mol. The van der Waals surface area contributed by atoms with Crippen molar-refractivity contribution < 1.29 is 9.53 Å². The first-order valence-electron chi connectivity index (χ1n) is 9.69. The molecule has 0 radical (unpaired) electrons. The number of hydrogen-bond acceptors (Lipinski definition) is 6. The van der Waals surface area contributed by atoms with Crippen LogP contribution < -0.4 is 15.4 Å². The third-order valence-electron chi connectivity index (χ3n) is 4.71. The number of carbonyl (C=O) groups is 1. The SMILES string of the molecule is COc1ccc(C(=O)Nc2ccc(C)c(Nc3nccc(-c4cccnc4)n3)c2)cc1. The Morgan fingerprint density at radius 1 is 1.00 bits per heavy atom. The highest BCUT2D eigenvalue weighted by atomic mass is 16.5. The zero-order chi connectivity index (χ0) is 21.6. The van der Waals surface area contributed by atoms with E-state index >= 15 is 0 Å². The molecular weight excluding hydrogens is 390 g/mol. The summed E-state index contributed by atoms with van der Waals surface area (Å²) in [5.41, 5.74) is 4.69. The lowest BCUT2D eigenvalue weighted by Crippen LogP contribution is -2.12. The quantitative estimate of drug-likeness (QED) is 0.471. The Morgan fingerprint density at radius 3 is 2.58 bits per heavy atom. The highest BCUT2D eigenvalue weighted by Gasteiger charge is 2.09. The fourth-order valence-electron chi connectivity index (χ4n) is 2.99. The van der Waals surface area contributed by atoms with Gasteiger partial charge in [0.05, 0.1) is 12.8 Å². The van der Waals surface area contributed by atoms with Gasteiger partial charge in [-0.1, -0.05) is 6.07 Å². The van der Waals surface area contributed by atoms with E-state index in [9.17, 15) is 4.79 Å². The van der Waals surface area contributed by atoms with Crippen LogP contribution in [0.15, 0.2) is 79.3 Å². The van der Waals surface area contributed by atoms with E-state index < -0.39 is 0 Å². The number of aryl methyl sites for hydroxylation is 1. The van der Waals surface area contributed by atoms with E-state index in [1.165, 1.54) is 0 Å². The maximum atomic E-state index is 12.6. The third kappa shape index (κ3) is 4.84. The monoisotopic (exact) mass is 411 g/mol. The minimum absolute atomic E-state index is 0.202. The Labute approximate surface area is 180 Å². The van der Waals surface area contributed by atoms with Gasteiger partial charge >= 0.3 is 0 Å². The Bertz CT molecular complexity index is 1190. The lowest BCUT2D eigenvalue weighted by molar-refractivity contribution is 0.102. The number of nitrogens with zero attached hydrogens (tertiary/aromatic N) is 3. The summed E-state index contributed by atoms with van der Waals surface area (Å²) in [6.45, 7) is 1.97. The van der Waals surface area contributed by atoms with E-state index in [2.05, 4.69) is 25.6 Å². The standard InChI is InChI=1S/C24H21N5O2/c1-16-5-8-19(27-23(30)17-6-9-20(31-2)10-7-17)14-22(16)29-24-26-13-11-21(28-24)18-4-3-12-25-15-18/h3-15H,1-2H3,(H,27,30)(H,26,28,29). The summed E-state index contributed by atoms with van der Waals surface area (Å²) >= 11 is 0. The van der Waals surface area contributed by atoms with Gasteiger partial charge in [-0.25, -0.2) is 9.97 Å². The van der Waals surface area contributed by atoms with Gasteiger partial charge in [-0.15, -0.1) is 0 Å². The van der Waals surface area contributed by atoms with Crippen molar-refractivity contribution in [3.63, 3.8) is 0 Å². The molecule has 0 saturated carbocycles. The predicted molar refractivity (Wildman–Crippen MR) is 121 cm³/mol. The Kier molecular flexibility index (Phi) is 5.84. The second-order valence-corrected chi connectivity index (χ2v) is 6.84. The van der Waals surface area contributed by atoms with Crippen LogP contribution in [0.3, 0.4) is 0 Å². The minimum atomic E-state index is -0.202. The summed E-state index contributed by atoms with van der Waals surface area (Å²) in [5, 5.41) is 6.16. The molecule has 0 aliphatic rings. The van der Waals surface area contributed by atoms with Crippen molar-refractivity contribution in [2.24, 2.45) is 0 Å². The minimum Gasteiger partial charge on any atom is -0.497 e. The Hall–Kier alpha value is -4.26.